The summed E-state index contributed by atoms with van der Waals surface area (Å²) in [6.45, 7) is 9.35. The molecule has 2 aliphatic heterocycles. The fourth-order valence-corrected chi connectivity index (χ4v) is 6.66. The Balaban J connectivity index is 1.38. The molecule has 2 aromatic carbocycles. The average molecular weight is 484 g/mol. The van der Waals surface area contributed by atoms with Crippen molar-refractivity contribution in [3.05, 3.63) is 59.7 Å². The number of benzene rings is 2. The van der Waals surface area contributed by atoms with E-state index < -0.39 is 10.0 Å². The number of hydrogen-bond acceptors (Lipinski definition) is 5. The first-order valence-electron chi connectivity index (χ1n) is 11.9. The van der Waals surface area contributed by atoms with Gasteiger partial charge in [-0.15, -0.1) is 0 Å². The van der Waals surface area contributed by atoms with Gasteiger partial charge in [0.2, 0.25) is 10.0 Å². The molecule has 2 aromatic rings. The van der Waals surface area contributed by atoms with Gasteiger partial charge in [0.05, 0.1) is 4.90 Å². The number of nitrogens with zero attached hydrogens (tertiary/aromatic N) is 3. The van der Waals surface area contributed by atoms with Gasteiger partial charge in [-0.3, -0.25) is 9.59 Å². The summed E-state index contributed by atoms with van der Waals surface area (Å²) < 4.78 is 27.8. The highest BCUT2D eigenvalue weighted by atomic mass is 32.2. The molecule has 2 atom stereocenters. The second kappa shape index (κ2) is 9.88. The van der Waals surface area contributed by atoms with E-state index in [-0.39, 0.29) is 16.6 Å². The van der Waals surface area contributed by atoms with E-state index in [0.29, 0.717) is 62.2 Å². The Morgan fingerprint density at radius 3 is 1.85 bits per heavy atom. The Morgan fingerprint density at radius 2 is 1.32 bits per heavy atom. The minimum absolute atomic E-state index is 0.0424. The van der Waals surface area contributed by atoms with E-state index in [2.05, 4.69) is 18.7 Å². The molecule has 8 heteroatoms. The smallest absolute Gasteiger partial charge is 0.253 e. The third-order valence-electron chi connectivity index (χ3n) is 6.78. The van der Waals surface area contributed by atoms with Crippen LogP contribution in [-0.4, -0.2) is 68.6 Å². The van der Waals surface area contributed by atoms with Gasteiger partial charge in [-0.25, -0.2) is 8.42 Å². The Bertz CT molecular complexity index is 1130. The van der Waals surface area contributed by atoms with Crippen molar-refractivity contribution < 1.29 is 18.0 Å². The monoisotopic (exact) mass is 483 g/mol. The zero-order chi connectivity index (χ0) is 24.5. The van der Waals surface area contributed by atoms with Gasteiger partial charge < -0.3 is 9.80 Å². The molecule has 2 heterocycles. The number of piperazine rings is 1. The molecule has 0 N–H and O–H groups in total. The molecular formula is C26H33N3O4S. The van der Waals surface area contributed by atoms with Crippen LogP contribution in [-0.2, 0) is 10.0 Å². The number of carbonyl (C=O) groups is 2. The van der Waals surface area contributed by atoms with E-state index in [1.165, 1.54) is 0 Å². The SMILES string of the molecule is CC(=O)c1ccc(N2CCN(C(=O)c3ccc(S(=O)(=O)N4CC(C)CC(C)C4)cc3)CC2)cc1. The molecule has 0 aromatic heterocycles. The van der Waals surface area contributed by atoms with Crippen LogP contribution in [0, 0.1) is 11.8 Å². The summed E-state index contributed by atoms with van der Waals surface area (Å²) in [6.07, 6.45) is 1.04. The second-order valence-electron chi connectivity index (χ2n) is 9.67. The zero-order valence-corrected chi connectivity index (χ0v) is 20.9. The summed E-state index contributed by atoms with van der Waals surface area (Å²) >= 11 is 0. The van der Waals surface area contributed by atoms with E-state index >= 15 is 0 Å². The predicted molar refractivity (Wildman–Crippen MR) is 133 cm³/mol. The lowest BCUT2D eigenvalue weighted by Crippen LogP contribution is -2.48. The van der Waals surface area contributed by atoms with Crippen molar-refractivity contribution in [1.29, 1.82) is 0 Å². The van der Waals surface area contributed by atoms with E-state index in [1.807, 2.05) is 24.3 Å². The highest BCUT2D eigenvalue weighted by Crippen LogP contribution is 2.27. The fourth-order valence-electron chi connectivity index (χ4n) is 4.98. The molecule has 0 aliphatic carbocycles. The van der Waals surface area contributed by atoms with Crippen LogP contribution < -0.4 is 4.90 Å². The fraction of sp³-hybridized carbons (Fsp3) is 0.462. The van der Waals surface area contributed by atoms with Crippen molar-refractivity contribution in [2.24, 2.45) is 11.8 Å². The van der Waals surface area contributed by atoms with Crippen molar-refractivity contribution in [3.8, 4) is 0 Å². The standard InChI is InChI=1S/C26H33N3O4S/c1-19-16-20(2)18-29(17-19)34(32,33)25-10-6-23(7-11-25)26(31)28-14-12-27(13-15-28)24-8-4-22(5-9-24)21(3)30/h4-11,19-20H,12-18H2,1-3H3. The number of anilines is 1. The minimum atomic E-state index is -3.56. The van der Waals surface area contributed by atoms with Crippen molar-refractivity contribution in [2.45, 2.75) is 32.1 Å². The first kappa shape index (κ1) is 24.4. The number of ketones is 1. The van der Waals surface area contributed by atoms with E-state index in [4.69, 9.17) is 0 Å². The van der Waals surface area contributed by atoms with Gasteiger partial charge in [0.1, 0.15) is 0 Å². The molecule has 4 rings (SSSR count). The molecule has 34 heavy (non-hydrogen) atoms. The number of amides is 1. The van der Waals surface area contributed by atoms with Gasteiger partial charge in [0, 0.05) is 56.1 Å². The molecule has 1 amide bonds. The maximum absolute atomic E-state index is 13.1. The summed E-state index contributed by atoms with van der Waals surface area (Å²) in [7, 11) is -3.56. The van der Waals surface area contributed by atoms with Crippen LogP contribution in [0.3, 0.4) is 0 Å². The largest absolute Gasteiger partial charge is 0.368 e. The van der Waals surface area contributed by atoms with Gasteiger partial charge in [-0.05, 0) is 73.7 Å². The molecule has 7 nitrogen and oxygen atoms in total. The Labute approximate surface area is 202 Å². The quantitative estimate of drug-likeness (QED) is 0.608. The number of rotatable bonds is 5. The minimum Gasteiger partial charge on any atom is -0.368 e. The lowest BCUT2D eigenvalue weighted by atomic mass is 9.94. The highest BCUT2D eigenvalue weighted by molar-refractivity contribution is 7.89. The molecule has 2 aliphatic rings. The number of carbonyl (C=O) groups excluding carboxylic acids is 2. The molecule has 0 saturated carbocycles. The van der Waals surface area contributed by atoms with Crippen LogP contribution in [0.15, 0.2) is 53.4 Å². The third kappa shape index (κ3) is 5.18. The van der Waals surface area contributed by atoms with Crippen LogP contribution in [0.5, 0.6) is 0 Å². The maximum atomic E-state index is 13.1. The van der Waals surface area contributed by atoms with Gasteiger partial charge in [-0.2, -0.15) is 4.31 Å². The van der Waals surface area contributed by atoms with Crippen molar-refractivity contribution in [2.75, 3.05) is 44.2 Å². The van der Waals surface area contributed by atoms with Crippen LogP contribution >= 0.6 is 0 Å². The summed E-state index contributed by atoms with van der Waals surface area (Å²) in [4.78, 5) is 28.7. The Kier molecular flexibility index (Phi) is 7.09. The summed E-state index contributed by atoms with van der Waals surface area (Å²) in [5, 5.41) is 0. The molecule has 2 unspecified atom stereocenters. The van der Waals surface area contributed by atoms with Gasteiger partial charge in [0.25, 0.3) is 5.91 Å². The van der Waals surface area contributed by atoms with Gasteiger partial charge >= 0.3 is 0 Å². The van der Waals surface area contributed by atoms with Crippen LogP contribution in [0.4, 0.5) is 5.69 Å². The van der Waals surface area contributed by atoms with Gasteiger partial charge in [-0.1, -0.05) is 13.8 Å². The normalized spacial score (nSPS) is 22.0. The number of Topliss-reactive ketones (excluding diaryl/α,β-unsaturated/α-hetero) is 1. The molecule has 2 fully saturated rings. The number of sulfonamides is 1. The number of piperidine rings is 1. The molecule has 0 bridgehead atoms. The Morgan fingerprint density at radius 1 is 0.794 bits per heavy atom. The van der Waals surface area contributed by atoms with E-state index in [1.54, 1.807) is 40.4 Å². The van der Waals surface area contributed by atoms with E-state index in [0.717, 1.165) is 12.1 Å². The summed E-state index contributed by atoms with van der Waals surface area (Å²) in [5.41, 5.74) is 2.22. The van der Waals surface area contributed by atoms with Crippen LogP contribution in [0.25, 0.3) is 0 Å². The van der Waals surface area contributed by atoms with E-state index in [9.17, 15) is 18.0 Å². The first-order valence-corrected chi connectivity index (χ1v) is 13.3. The summed E-state index contributed by atoms with van der Waals surface area (Å²) in [6, 6.07) is 13.9. The first-order chi connectivity index (χ1) is 16.1. The molecule has 2 saturated heterocycles. The highest BCUT2D eigenvalue weighted by Gasteiger charge is 2.32. The zero-order valence-electron chi connectivity index (χ0n) is 20.1. The predicted octanol–water partition coefficient (Wildman–Crippen LogP) is 3.52. The van der Waals surface area contributed by atoms with Crippen LogP contribution in [0.1, 0.15) is 47.9 Å². The molecule has 182 valence electrons. The van der Waals surface area contributed by atoms with Crippen LogP contribution in [0.2, 0.25) is 0 Å². The average Bonchev–Trinajstić information content (AvgIpc) is 2.83. The second-order valence-corrected chi connectivity index (χ2v) is 11.6. The van der Waals surface area contributed by atoms with Crippen molar-refractivity contribution in [1.82, 2.24) is 9.21 Å². The molecule has 0 radical (unpaired) electrons. The molecular weight excluding hydrogens is 450 g/mol. The topological polar surface area (TPSA) is 78.0 Å². The molecule has 0 spiro atoms. The lowest BCUT2D eigenvalue weighted by molar-refractivity contribution is 0.0746. The Hall–Kier alpha value is -2.71. The maximum Gasteiger partial charge on any atom is 0.253 e. The lowest BCUT2D eigenvalue weighted by Gasteiger charge is -2.36. The number of hydrogen-bond donors (Lipinski definition) is 0. The van der Waals surface area contributed by atoms with Crippen molar-refractivity contribution >= 4 is 27.4 Å². The van der Waals surface area contributed by atoms with Gasteiger partial charge in [0.15, 0.2) is 5.78 Å². The third-order valence-corrected chi connectivity index (χ3v) is 8.63. The summed E-state index contributed by atoms with van der Waals surface area (Å²) in [5.74, 6) is 0.631. The van der Waals surface area contributed by atoms with Crippen molar-refractivity contribution in [3.63, 3.8) is 0 Å².